The van der Waals surface area contributed by atoms with Gasteiger partial charge in [0.25, 0.3) is 0 Å². The van der Waals surface area contributed by atoms with Gasteiger partial charge in [-0.05, 0) is 6.92 Å². The molecule has 0 aliphatic rings. The van der Waals surface area contributed by atoms with Crippen LogP contribution >= 0.6 is 0 Å². The highest BCUT2D eigenvalue weighted by Crippen LogP contribution is 1.95. The summed E-state index contributed by atoms with van der Waals surface area (Å²) in [5, 5.41) is 11.3. The number of hydrogen-bond acceptors (Lipinski definition) is 4. The smallest absolute Gasteiger partial charge is 0.331 e. The van der Waals surface area contributed by atoms with E-state index in [0.717, 1.165) is 0 Å². The highest BCUT2D eigenvalue weighted by Gasteiger charge is 2.24. The van der Waals surface area contributed by atoms with Gasteiger partial charge in [0.1, 0.15) is 0 Å². The van der Waals surface area contributed by atoms with Gasteiger partial charge in [0, 0.05) is 6.92 Å². The molecule has 0 aliphatic heterocycles. The third kappa shape index (κ3) is 3.34. The van der Waals surface area contributed by atoms with Crippen LogP contribution in [-0.4, -0.2) is 36.2 Å². The topological polar surface area (TPSA) is 75.6 Å². The molecule has 5 heteroatoms. The average molecular weight is 175 g/mol. The van der Waals surface area contributed by atoms with Crippen molar-refractivity contribution >= 4 is 11.9 Å². The Balaban J connectivity index is 4.23. The lowest BCUT2D eigenvalue weighted by Crippen LogP contribution is -2.47. The molecule has 2 N–H and O–H groups in total. The van der Waals surface area contributed by atoms with Crippen LogP contribution in [0.25, 0.3) is 0 Å². The van der Waals surface area contributed by atoms with Crippen LogP contribution in [0.3, 0.4) is 0 Å². The number of esters is 1. The highest BCUT2D eigenvalue weighted by atomic mass is 16.5. The van der Waals surface area contributed by atoms with E-state index in [9.17, 15) is 9.59 Å². The van der Waals surface area contributed by atoms with Crippen LogP contribution in [0, 0.1) is 0 Å². The largest absolute Gasteiger partial charge is 0.467 e. The van der Waals surface area contributed by atoms with Gasteiger partial charge in [-0.15, -0.1) is 0 Å². The first-order chi connectivity index (χ1) is 5.49. The normalized spacial score (nSPS) is 14.7. The molecule has 5 nitrogen and oxygen atoms in total. The van der Waals surface area contributed by atoms with Crippen molar-refractivity contribution in [2.45, 2.75) is 26.0 Å². The Kier molecular flexibility index (Phi) is 4.28. The van der Waals surface area contributed by atoms with Crippen LogP contribution in [0.1, 0.15) is 13.8 Å². The van der Waals surface area contributed by atoms with Gasteiger partial charge in [0.05, 0.1) is 13.2 Å². The number of carbonyl (C=O) groups excluding carboxylic acids is 2. The number of hydrogen-bond donors (Lipinski definition) is 2. The molecule has 2 atom stereocenters. The van der Waals surface area contributed by atoms with Gasteiger partial charge in [-0.3, -0.25) is 4.79 Å². The molecule has 0 saturated heterocycles. The van der Waals surface area contributed by atoms with E-state index in [1.54, 1.807) is 0 Å². The fourth-order valence-electron chi connectivity index (χ4n) is 0.722. The Labute approximate surface area is 70.7 Å². The van der Waals surface area contributed by atoms with Crippen LogP contribution in [0.5, 0.6) is 0 Å². The van der Waals surface area contributed by atoms with Crippen LogP contribution < -0.4 is 5.32 Å². The molecule has 0 unspecified atom stereocenters. The Morgan fingerprint density at radius 1 is 1.50 bits per heavy atom. The molecule has 1 amide bonds. The molecule has 0 heterocycles. The quantitative estimate of drug-likeness (QED) is 0.542. The second kappa shape index (κ2) is 4.71. The molecule has 0 bridgehead atoms. The average Bonchev–Trinajstić information content (AvgIpc) is 1.98. The SMILES string of the molecule is COC(=O)[C@@H](NC(C)=O)[C@H](C)O. The maximum atomic E-state index is 10.9. The third-order valence-electron chi connectivity index (χ3n) is 1.30. The Hall–Kier alpha value is -1.10. The number of amides is 1. The van der Waals surface area contributed by atoms with Crippen molar-refractivity contribution in [3.05, 3.63) is 0 Å². The van der Waals surface area contributed by atoms with Crippen molar-refractivity contribution in [2.75, 3.05) is 7.11 Å². The zero-order valence-corrected chi connectivity index (χ0v) is 7.33. The molecule has 70 valence electrons. The maximum Gasteiger partial charge on any atom is 0.331 e. The molecular weight excluding hydrogens is 162 g/mol. The number of aliphatic hydroxyl groups is 1. The molecule has 0 saturated carbocycles. The first-order valence-electron chi connectivity index (χ1n) is 3.52. The number of nitrogens with one attached hydrogen (secondary N) is 1. The van der Waals surface area contributed by atoms with Crippen molar-refractivity contribution in [1.29, 1.82) is 0 Å². The molecular formula is C7H13NO4. The number of aliphatic hydroxyl groups excluding tert-OH is 1. The predicted octanol–water partition coefficient (Wildman–Crippen LogP) is -0.955. The summed E-state index contributed by atoms with van der Waals surface area (Å²) in [5.41, 5.74) is 0. The molecule has 0 aromatic carbocycles. The van der Waals surface area contributed by atoms with Gasteiger partial charge in [0.2, 0.25) is 5.91 Å². The van der Waals surface area contributed by atoms with E-state index in [0.29, 0.717) is 0 Å². The lowest BCUT2D eigenvalue weighted by Gasteiger charge is -2.17. The summed E-state index contributed by atoms with van der Waals surface area (Å²) in [6.07, 6.45) is -0.957. The van der Waals surface area contributed by atoms with E-state index in [-0.39, 0.29) is 5.91 Å². The second-order valence-corrected chi connectivity index (χ2v) is 2.44. The van der Waals surface area contributed by atoms with Gasteiger partial charge in [-0.1, -0.05) is 0 Å². The first kappa shape index (κ1) is 10.9. The summed E-state index contributed by atoms with van der Waals surface area (Å²) in [5.74, 6) is -1.04. The number of rotatable bonds is 3. The van der Waals surface area contributed by atoms with E-state index in [1.807, 2.05) is 0 Å². The van der Waals surface area contributed by atoms with Gasteiger partial charge < -0.3 is 15.2 Å². The molecule has 0 aromatic heterocycles. The number of methoxy groups -OCH3 is 1. The molecule has 0 spiro atoms. The first-order valence-corrected chi connectivity index (χ1v) is 3.52. The minimum absolute atomic E-state index is 0.383. The van der Waals surface area contributed by atoms with E-state index >= 15 is 0 Å². The zero-order valence-electron chi connectivity index (χ0n) is 7.33. The van der Waals surface area contributed by atoms with Crippen LogP contribution in [-0.2, 0) is 14.3 Å². The van der Waals surface area contributed by atoms with Crippen molar-refractivity contribution in [2.24, 2.45) is 0 Å². The molecule has 0 fully saturated rings. The fourth-order valence-corrected chi connectivity index (χ4v) is 0.722. The second-order valence-electron chi connectivity index (χ2n) is 2.44. The fraction of sp³-hybridized carbons (Fsp3) is 0.714. The van der Waals surface area contributed by atoms with Gasteiger partial charge in [0.15, 0.2) is 6.04 Å². The molecule has 0 aliphatic carbocycles. The lowest BCUT2D eigenvalue weighted by molar-refractivity contribution is -0.147. The Morgan fingerprint density at radius 3 is 2.25 bits per heavy atom. The molecule has 0 radical (unpaired) electrons. The summed E-state index contributed by atoms with van der Waals surface area (Å²) in [7, 11) is 1.19. The van der Waals surface area contributed by atoms with E-state index in [4.69, 9.17) is 5.11 Å². The molecule has 0 rings (SSSR count). The molecule has 0 aromatic rings. The summed E-state index contributed by atoms with van der Waals surface area (Å²) in [6.45, 7) is 2.66. The standard InChI is InChI=1S/C7H13NO4/c1-4(9)6(7(11)12-3)8-5(2)10/h4,6,9H,1-3H3,(H,8,10)/t4-,6-/m0/s1. The van der Waals surface area contributed by atoms with Crippen molar-refractivity contribution in [3.63, 3.8) is 0 Å². The summed E-state index contributed by atoms with van der Waals surface area (Å²) >= 11 is 0. The van der Waals surface area contributed by atoms with Crippen LogP contribution in [0.15, 0.2) is 0 Å². The van der Waals surface area contributed by atoms with Gasteiger partial charge >= 0.3 is 5.97 Å². The highest BCUT2D eigenvalue weighted by molar-refractivity contribution is 5.83. The summed E-state index contributed by atoms with van der Waals surface area (Å²) in [6, 6.07) is -0.979. The predicted molar refractivity (Wildman–Crippen MR) is 41.3 cm³/mol. The Morgan fingerprint density at radius 2 is 2.00 bits per heavy atom. The maximum absolute atomic E-state index is 10.9. The zero-order chi connectivity index (χ0) is 9.72. The lowest BCUT2D eigenvalue weighted by atomic mass is 10.2. The van der Waals surface area contributed by atoms with Crippen molar-refractivity contribution in [1.82, 2.24) is 5.32 Å². The van der Waals surface area contributed by atoms with Crippen molar-refractivity contribution in [3.8, 4) is 0 Å². The Bertz CT molecular complexity index is 178. The number of carbonyl (C=O) groups is 2. The minimum atomic E-state index is -0.979. The summed E-state index contributed by atoms with van der Waals surface area (Å²) in [4.78, 5) is 21.4. The molecule has 12 heavy (non-hydrogen) atoms. The van der Waals surface area contributed by atoms with E-state index in [1.165, 1.54) is 21.0 Å². The van der Waals surface area contributed by atoms with Gasteiger partial charge in [-0.25, -0.2) is 4.79 Å². The van der Waals surface area contributed by atoms with Gasteiger partial charge in [-0.2, -0.15) is 0 Å². The van der Waals surface area contributed by atoms with E-state index < -0.39 is 18.1 Å². The third-order valence-corrected chi connectivity index (χ3v) is 1.30. The van der Waals surface area contributed by atoms with Crippen LogP contribution in [0.4, 0.5) is 0 Å². The van der Waals surface area contributed by atoms with Crippen molar-refractivity contribution < 1.29 is 19.4 Å². The minimum Gasteiger partial charge on any atom is -0.467 e. The summed E-state index contributed by atoms with van der Waals surface area (Å²) < 4.78 is 4.36. The monoisotopic (exact) mass is 175 g/mol. The van der Waals surface area contributed by atoms with E-state index in [2.05, 4.69) is 10.1 Å². The number of ether oxygens (including phenoxy) is 1. The van der Waals surface area contributed by atoms with Crippen LogP contribution in [0.2, 0.25) is 0 Å².